The van der Waals surface area contributed by atoms with Crippen LogP contribution in [0.4, 0.5) is 0 Å². The number of hydrogen-bond donors (Lipinski definition) is 1. The van der Waals surface area contributed by atoms with Crippen molar-refractivity contribution in [2.75, 3.05) is 6.61 Å². The zero-order valence-corrected chi connectivity index (χ0v) is 9.38. The maximum Gasteiger partial charge on any atom is 0.0849 e. The van der Waals surface area contributed by atoms with Gasteiger partial charge < -0.3 is 9.84 Å². The first-order chi connectivity index (χ1) is 6.66. The quantitative estimate of drug-likeness (QED) is 0.816. The van der Waals surface area contributed by atoms with Gasteiger partial charge in [0.15, 0.2) is 0 Å². The van der Waals surface area contributed by atoms with Crippen LogP contribution in [0.1, 0.15) is 29.9 Å². The molecule has 0 saturated carbocycles. The topological polar surface area (TPSA) is 29.5 Å². The maximum atomic E-state index is 10.1. The van der Waals surface area contributed by atoms with E-state index in [2.05, 4.69) is 19.9 Å². The highest BCUT2D eigenvalue weighted by molar-refractivity contribution is 7.10. The van der Waals surface area contributed by atoms with Crippen LogP contribution in [0.15, 0.2) is 11.4 Å². The molecule has 14 heavy (non-hydrogen) atoms. The summed E-state index contributed by atoms with van der Waals surface area (Å²) in [5, 5.41) is 12.1. The van der Waals surface area contributed by atoms with Crippen molar-refractivity contribution in [2.24, 2.45) is 5.92 Å². The summed E-state index contributed by atoms with van der Waals surface area (Å²) < 4.78 is 5.46. The lowest BCUT2D eigenvalue weighted by atomic mass is 9.95. The highest BCUT2D eigenvalue weighted by Crippen LogP contribution is 2.33. The molecule has 3 heteroatoms. The van der Waals surface area contributed by atoms with Crippen molar-refractivity contribution in [3.8, 4) is 0 Å². The Hall–Kier alpha value is -0.380. The van der Waals surface area contributed by atoms with Gasteiger partial charge in [0.05, 0.1) is 18.8 Å². The SMILES string of the molecule is Cc1cc(C(O)C2COC(C)C2)cs1. The zero-order valence-electron chi connectivity index (χ0n) is 8.56. The number of aliphatic hydroxyl groups is 1. The second-order valence-corrected chi connectivity index (χ2v) is 5.19. The molecule has 1 N–H and O–H groups in total. The second-order valence-electron chi connectivity index (χ2n) is 4.08. The molecule has 1 fully saturated rings. The van der Waals surface area contributed by atoms with Crippen molar-refractivity contribution in [2.45, 2.75) is 32.5 Å². The van der Waals surface area contributed by atoms with E-state index in [1.54, 1.807) is 11.3 Å². The first-order valence-electron chi connectivity index (χ1n) is 5.01. The number of ether oxygens (including phenoxy) is 1. The Kier molecular flexibility index (Phi) is 2.91. The van der Waals surface area contributed by atoms with E-state index in [9.17, 15) is 5.11 Å². The van der Waals surface area contributed by atoms with Crippen LogP contribution in [0.5, 0.6) is 0 Å². The summed E-state index contributed by atoms with van der Waals surface area (Å²) in [6.07, 6.45) is 0.926. The van der Waals surface area contributed by atoms with Crippen LogP contribution in [0.2, 0.25) is 0 Å². The molecule has 0 aliphatic carbocycles. The predicted octanol–water partition coefficient (Wildman–Crippen LogP) is 2.51. The summed E-state index contributed by atoms with van der Waals surface area (Å²) >= 11 is 1.69. The monoisotopic (exact) mass is 212 g/mol. The average Bonchev–Trinajstić information content (AvgIpc) is 2.73. The largest absolute Gasteiger partial charge is 0.388 e. The van der Waals surface area contributed by atoms with Gasteiger partial charge in [-0.05, 0) is 37.3 Å². The van der Waals surface area contributed by atoms with Crippen LogP contribution in [0, 0.1) is 12.8 Å². The van der Waals surface area contributed by atoms with Gasteiger partial charge in [-0.25, -0.2) is 0 Å². The van der Waals surface area contributed by atoms with Crippen molar-refractivity contribution in [3.63, 3.8) is 0 Å². The Labute approximate surface area is 88.5 Å². The van der Waals surface area contributed by atoms with Gasteiger partial charge in [-0.1, -0.05) is 0 Å². The van der Waals surface area contributed by atoms with Crippen LogP contribution >= 0.6 is 11.3 Å². The molecule has 1 aromatic heterocycles. The van der Waals surface area contributed by atoms with Gasteiger partial charge in [-0.15, -0.1) is 11.3 Å². The van der Waals surface area contributed by atoms with E-state index in [-0.39, 0.29) is 12.0 Å². The number of rotatable bonds is 2. The van der Waals surface area contributed by atoms with Gasteiger partial charge in [-0.3, -0.25) is 0 Å². The Morgan fingerprint density at radius 1 is 1.64 bits per heavy atom. The minimum atomic E-state index is -0.343. The number of hydrogen-bond acceptors (Lipinski definition) is 3. The molecule has 0 aromatic carbocycles. The molecule has 3 unspecified atom stereocenters. The van der Waals surface area contributed by atoms with E-state index in [0.29, 0.717) is 12.7 Å². The molecule has 1 aliphatic rings. The van der Waals surface area contributed by atoms with Crippen LogP contribution < -0.4 is 0 Å². The van der Waals surface area contributed by atoms with Crippen molar-refractivity contribution in [1.29, 1.82) is 0 Å². The highest BCUT2D eigenvalue weighted by atomic mass is 32.1. The molecule has 2 nitrogen and oxygen atoms in total. The van der Waals surface area contributed by atoms with Gasteiger partial charge in [0.1, 0.15) is 0 Å². The zero-order chi connectivity index (χ0) is 10.1. The van der Waals surface area contributed by atoms with E-state index < -0.39 is 0 Å². The summed E-state index contributed by atoms with van der Waals surface area (Å²) in [5.41, 5.74) is 1.05. The Balaban J connectivity index is 2.05. The lowest BCUT2D eigenvalue weighted by molar-refractivity contribution is 0.0806. The van der Waals surface area contributed by atoms with Crippen molar-refractivity contribution in [3.05, 3.63) is 21.9 Å². The van der Waals surface area contributed by atoms with E-state index in [0.717, 1.165) is 12.0 Å². The minimum Gasteiger partial charge on any atom is -0.388 e. The van der Waals surface area contributed by atoms with Crippen molar-refractivity contribution < 1.29 is 9.84 Å². The molecule has 1 aliphatic heterocycles. The third kappa shape index (κ3) is 2.00. The average molecular weight is 212 g/mol. The normalized spacial score (nSPS) is 29.4. The summed E-state index contributed by atoms with van der Waals surface area (Å²) in [5.74, 6) is 0.277. The molecule has 1 aromatic rings. The highest BCUT2D eigenvalue weighted by Gasteiger charge is 2.29. The van der Waals surface area contributed by atoms with Gasteiger partial charge in [0, 0.05) is 10.8 Å². The molecule has 2 heterocycles. The minimum absolute atomic E-state index is 0.277. The fourth-order valence-corrected chi connectivity index (χ4v) is 2.69. The lowest BCUT2D eigenvalue weighted by Gasteiger charge is -2.14. The van der Waals surface area contributed by atoms with Crippen LogP contribution in [0.3, 0.4) is 0 Å². The van der Waals surface area contributed by atoms with E-state index >= 15 is 0 Å². The first kappa shape index (κ1) is 10.1. The molecule has 1 saturated heterocycles. The van der Waals surface area contributed by atoms with Gasteiger partial charge in [0.2, 0.25) is 0 Å². The molecule has 0 bridgehead atoms. The standard InChI is InChI=1S/C11H16O2S/c1-7-3-9(5-13-7)11(12)10-4-8(2)14-6-10/h4,6-7,9,11-12H,3,5H2,1-2H3. The van der Waals surface area contributed by atoms with Crippen LogP contribution in [-0.2, 0) is 4.74 Å². The number of aliphatic hydroxyl groups excluding tert-OH is 1. The summed E-state index contributed by atoms with van der Waals surface area (Å²) in [6.45, 7) is 4.82. The van der Waals surface area contributed by atoms with Crippen LogP contribution in [0.25, 0.3) is 0 Å². The summed E-state index contributed by atoms with van der Waals surface area (Å²) in [7, 11) is 0. The maximum absolute atomic E-state index is 10.1. The molecular weight excluding hydrogens is 196 g/mol. The molecule has 0 radical (unpaired) electrons. The van der Waals surface area contributed by atoms with Crippen molar-refractivity contribution >= 4 is 11.3 Å². The van der Waals surface area contributed by atoms with Crippen molar-refractivity contribution in [1.82, 2.24) is 0 Å². The van der Waals surface area contributed by atoms with Gasteiger partial charge in [-0.2, -0.15) is 0 Å². The lowest BCUT2D eigenvalue weighted by Crippen LogP contribution is -2.11. The molecule has 78 valence electrons. The molecule has 3 atom stereocenters. The smallest absolute Gasteiger partial charge is 0.0849 e. The first-order valence-corrected chi connectivity index (χ1v) is 5.89. The summed E-state index contributed by atoms with van der Waals surface area (Å²) in [6, 6.07) is 2.07. The number of aryl methyl sites for hydroxylation is 1. The number of thiophene rings is 1. The van der Waals surface area contributed by atoms with Gasteiger partial charge in [0.25, 0.3) is 0 Å². The predicted molar refractivity (Wildman–Crippen MR) is 57.5 cm³/mol. The fraction of sp³-hybridized carbons (Fsp3) is 0.636. The Bertz CT molecular complexity index is 308. The second kappa shape index (κ2) is 4.01. The molecule has 2 rings (SSSR count). The Morgan fingerprint density at radius 2 is 2.43 bits per heavy atom. The summed E-state index contributed by atoms with van der Waals surface area (Å²) in [4.78, 5) is 1.26. The molecule has 0 spiro atoms. The molecular formula is C11H16O2S. The molecule has 0 amide bonds. The Morgan fingerprint density at radius 3 is 2.93 bits per heavy atom. The van der Waals surface area contributed by atoms with E-state index in [4.69, 9.17) is 4.74 Å². The fourth-order valence-electron chi connectivity index (χ4n) is 1.96. The third-order valence-electron chi connectivity index (χ3n) is 2.77. The van der Waals surface area contributed by atoms with E-state index in [1.807, 2.05) is 5.38 Å². The van der Waals surface area contributed by atoms with E-state index in [1.165, 1.54) is 4.88 Å². The van der Waals surface area contributed by atoms with Gasteiger partial charge >= 0.3 is 0 Å². The third-order valence-corrected chi connectivity index (χ3v) is 3.65. The van der Waals surface area contributed by atoms with Crippen LogP contribution in [-0.4, -0.2) is 17.8 Å².